The molecule has 2 fully saturated rings. The van der Waals surface area contributed by atoms with E-state index in [4.69, 9.17) is 25.7 Å². The van der Waals surface area contributed by atoms with Crippen LogP contribution in [0.4, 0.5) is 5.82 Å². The molecule has 10 heteroatoms. The molecule has 5 heterocycles. The van der Waals surface area contributed by atoms with E-state index in [9.17, 15) is 0 Å². The Hall–Kier alpha value is -2.89. The van der Waals surface area contributed by atoms with E-state index in [1.165, 1.54) is 24.7 Å². The van der Waals surface area contributed by atoms with Crippen molar-refractivity contribution in [2.75, 3.05) is 44.8 Å². The Morgan fingerprint density at radius 2 is 2.08 bits per heavy atom. The molecule has 0 saturated carbocycles. The van der Waals surface area contributed by atoms with Crippen LogP contribution in [0.5, 0.6) is 0 Å². The van der Waals surface area contributed by atoms with Crippen LogP contribution in [0, 0.1) is 18.3 Å². The number of hydrogen-bond acceptors (Lipinski definition) is 7. The number of imidazole rings is 1. The number of hydrogen-bond donors (Lipinski definition) is 2. The minimum absolute atomic E-state index is 0.267. The Morgan fingerprint density at radius 1 is 1.23 bits per heavy atom. The van der Waals surface area contributed by atoms with Gasteiger partial charge in [-0.1, -0.05) is 14.3 Å². The molecule has 1 unspecified atom stereocenters. The summed E-state index contributed by atoms with van der Waals surface area (Å²) in [5.74, 6) is 1.50. The van der Waals surface area contributed by atoms with Crippen molar-refractivity contribution in [3.8, 4) is 17.6 Å². The van der Waals surface area contributed by atoms with Gasteiger partial charge in [0.2, 0.25) is 0 Å². The number of anilines is 1. The average molecular weight is 549 g/mol. The smallest absolute Gasteiger partial charge is 0.180 e. The largest absolute Gasteiger partial charge is 0.381 e. The maximum atomic E-state index is 9.16. The van der Waals surface area contributed by atoms with Crippen LogP contribution in [0.3, 0.4) is 0 Å². The van der Waals surface area contributed by atoms with E-state index in [-0.39, 0.29) is 6.04 Å². The average Bonchev–Trinajstić information content (AvgIpc) is 3.39. The highest BCUT2D eigenvalue weighted by molar-refractivity contribution is 7.39. The maximum Gasteiger partial charge on any atom is 0.180 e. The lowest BCUT2D eigenvalue weighted by atomic mass is 10.1. The SMILES string of the molecule is C1CCOCC1.CP=C(CC#N)N1CCCC(Nc2cc(CCCN)nc(-c3cnc4ccc(C)cn34)n2)C1. The molecule has 0 aromatic carbocycles. The number of nitriles is 1. The lowest BCUT2D eigenvalue weighted by Gasteiger charge is -2.34. The first-order valence-electron chi connectivity index (χ1n) is 14.0. The summed E-state index contributed by atoms with van der Waals surface area (Å²) in [6.45, 7) is 8.68. The van der Waals surface area contributed by atoms with Gasteiger partial charge in [0.1, 0.15) is 17.2 Å². The van der Waals surface area contributed by atoms with Gasteiger partial charge in [-0.15, -0.1) is 0 Å². The monoisotopic (exact) mass is 548 g/mol. The number of likely N-dealkylation sites (tertiary alicyclic amines) is 1. The van der Waals surface area contributed by atoms with Gasteiger partial charge in [-0.3, -0.25) is 9.30 Å². The van der Waals surface area contributed by atoms with Crippen LogP contribution < -0.4 is 11.1 Å². The second-order valence-electron chi connectivity index (χ2n) is 10.1. The molecule has 2 aliphatic rings. The maximum absolute atomic E-state index is 9.16. The molecule has 2 aliphatic heterocycles. The highest BCUT2D eigenvalue weighted by Gasteiger charge is 2.23. The van der Waals surface area contributed by atoms with Gasteiger partial charge >= 0.3 is 0 Å². The van der Waals surface area contributed by atoms with Gasteiger partial charge in [0.25, 0.3) is 0 Å². The molecule has 5 rings (SSSR count). The van der Waals surface area contributed by atoms with E-state index >= 15 is 0 Å². The van der Waals surface area contributed by atoms with E-state index in [1.54, 1.807) is 0 Å². The van der Waals surface area contributed by atoms with Crippen LogP contribution >= 0.6 is 8.20 Å². The van der Waals surface area contributed by atoms with Crippen LogP contribution in [-0.4, -0.2) is 75.2 Å². The van der Waals surface area contributed by atoms with Crippen LogP contribution in [0.25, 0.3) is 17.2 Å². The molecule has 3 aromatic heterocycles. The number of rotatable bonds is 8. The second kappa shape index (κ2) is 15.0. The number of nitrogens with one attached hydrogen (secondary N) is 1. The molecular formula is C29H41N8OP. The van der Waals surface area contributed by atoms with Crippen molar-refractivity contribution >= 4 is 25.1 Å². The fourth-order valence-corrected chi connectivity index (χ4v) is 5.67. The number of fused-ring (bicyclic) bond motifs is 1. The highest BCUT2D eigenvalue weighted by Crippen LogP contribution is 2.23. The molecule has 0 aliphatic carbocycles. The zero-order chi connectivity index (χ0) is 27.5. The lowest BCUT2D eigenvalue weighted by Crippen LogP contribution is -2.44. The van der Waals surface area contributed by atoms with E-state index < -0.39 is 0 Å². The molecule has 0 spiro atoms. The second-order valence-corrected chi connectivity index (χ2v) is 11.1. The van der Waals surface area contributed by atoms with Crippen molar-refractivity contribution in [2.45, 2.75) is 64.3 Å². The summed E-state index contributed by atoms with van der Waals surface area (Å²) >= 11 is 0. The quantitative estimate of drug-likeness (QED) is 0.390. The van der Waals surface area contributed by atoms with Gasteiger partial charge in [0.15, 0.2) is 5.82 Å². The van der Waals surface area contributed by atoms with Crippen molar-refractivity contribution in [3.63, 3.8) is 0 Å². The number of aromatic nitrogens is 4. The Kier molecular flexibility index (Phi) is 11.2. The summed E-state index contributed by atoms with van der Waals surface area (Å²) in [6, 6.07) is 8.68. The van der Waals surface area contributed by atoms with Gasteiger partial charge < -0.3 is 15.8 Å². The topological polar surface area (TPSA) is 117 Å². The summed E-state index contributed by atoms with van der Waals surface area (Å²) in [6.07, 6.45) is 12.2. The molecule has 0 radical (unpaired) electrons. The van der Waals surface area contributed by atoms with Gasteiger partial charge in [-0.05, 0) is 76.7 Å². The predicted molar refractivity (Wildman–Crippen MR) is 159 cm³/mol. The molecule has 1 atom stereocenters. The molecule has 2 saturated heterocycles. The third-order valence-corrected chi connectivity index (χ3v) is 7.97. The summed E-state index contributed by atoms with van der Waals surface area (Å²) < 4.78 is 7.12. The molecule has 0 bridgehead atoms. The number of piperidine rings is 1. The standard InChI is InChI=1S/C24H31N8P.C5H10O/c1-17-7-8-22-27-14-20(32(22)15-17)24-29-18(5-3-10-25)13-21(30-24)28-19-6-4-12-31(16-19)23(33-2)9-11-26;1-2-4-6-5-3-1/h7-8,13-15,19H,3-6,9-10,12,16,25H2,1-2H3,(H,28,29,30);1-5H2. The molecule has 39 heavy (non-hydrogen) atoms. The predicted octanol–water partition coefficient (Wildman–Crippen LogP) is 4.67. The molecule has 3 aromatic rings. The van der Waals surface area contributed by atoms with Gasteiger partial charge in [0, 0.05) is 55.7 Å². The van der Waals surface area contributed by atoms with Crippen LogP contribution in [0.2, 0.25) is 0 Å². The highest BCUT2D eigenvalue weighted by atomic mass is 31.1. The minimum Gasteiger partial charge on any atom is -0.381 e. The van der Waals surface area contributed by atoms with Crippen molar-refractivity contribution in [2.24, 2.45) is 5.73 Å². The number of nitrogens with zero attached hydrogens (tertiary/aromatic N) is 6. The van der Waals surface area contributed by atoms with Crippen molar-refractivity contribution in [1.29, 1.82) is 5.26 Å². The first kappa shape index (κ1) is 29.1. The Labute approximate surface area is 233 Å². The first-order valence-corrected chi connectivity index (χ1v) is 15.4. The van der Waals surface area contributed by atoms with Gasteiger partial charge in [0.05, 0.1) is 18.7 Å². The summed E-state index contributed by atoms with van der Waals surface area (Å²) in [5, 5.41) is 12.8. The number of ether oxygens (including phenoxy) is 1. The van der Waals surface area contributed by atoms with E-state index in [0.717, 1.165) is 88.6 Å². The molecule has 3 N–H and O–H groups in total. The fourth-order valence-electron chi connectivity index (χ4n) is 4.98. The lowest BCUT2D eigenvalue weighted by molar-refractivity contribution is 0.0968. The molecular weight excluding hydrogens is 507 g/mol. The molecule has 0 amide bonds. The normalized spacial score (nSPS) is 18.3. The third kappa shape index (κ3) is 8.30. The number of aryl methyl sites for hydroxylation is 2. The summed E-state index contributed by atoms with van der Waals surface area (Å²) in [5.41, 5.74) is 10.8. The van der Waals surface area contributed by atoms with Gasteiger partial charge in [-0.25, -0.2) is 15.0 Å². The van der Waals surface area contributed by atoms with Gasteiger partial charge in [-0.2, -0.15) is 5.26 Å². The molecule has 208 valence electrons. The first-order chi connectivity index (χ1) is 19.1. The minimum atomic E-state index is 0.267. The summed E-state index contributed by atoms with van der Waals surface area (Å²) in [7, 11) is 1.16. The van der Waals surface area contributed by atoms with E-state index in [2.05, 4.69) is 47.1 Å². The van der Waals surface area contributed by atoms with Crippen LogP contribution in [0.15, 0.2) is 30.6 Å². The Bertz CT molecular complexity index is 1270. The van der Waals surface area contributed by atoms with Crippen molar-refractivity contribution < 1.29 is 4.74 Å². The summed E-state index contributed by atoms with van der Waals surface area (Å²) in [4.78, 5) is 16.6. The Balaban J connectivity index is 0.000000519. The fraction of sp³-hybridized carbons (Fsp3) is 0.552. The number of nitrogens with two attached hydrogens (primary N) is 1. The zero-order valence-corrected chi connectivity index (χ0v) is 24.2. The number of pyridine rings is 1. The van der Waals surface area contributed by atoms with Crippen molar-refractivity contribution in [1.82, 2.24) is 24.3 Å². The Morgan fingerprint density at radius 3 is 2.77 bits per heavy atom. The van der Waals surface area contributed by atoms with Crippen LogP contribution in [0.1, 0.15) is 56.2 Å². The van der Waals surface area contributed by atoms with E-state index in [0.29, 0.717) is 18.8 Å². The van der Waals surface area contributed by atoms with Crippen molar-refractivity contribution in [3.05, 3.63) is 41.9 Å². The zero-order valence-electron chi connectivity index (χ0n) is 23.3. The van der Waals surface area contributed by atoms with Crippen LogP contribution in [-0.2, 0) is 11.2 Å². The third-order valence-electron chi connectivity index (χ3n) is 7.01. The molecule has 9 nitrogen and oxygen atoms in total. The van der Waals surface area contributed by atoms with E-state index in [1.807, 2.05) is 22.7 Å².